The second-order valence-electron chi connectivity index (χ2n) is 11.9. The van der Waals surface area contributed by atoms with Gasteiger partial charge in [-0.3, -0.25) is 14.4 Å². The number of unbranched alkanes of at least 4 members (excludes halogenated alkanes) is 1. The van der Waals surface area contributed by atoms with Crippen molar-refractivity contribution in [2.24, 2.45) is 11.8 Å². The average Bonchev–Trinajstić information content (AvgIpc) is 3.65. The van der Waals surface area contributed by atoms with Crippen LogP contribution in [0.25, 0.3) is 0 Å². The summed E-state index contributed by atoms with van der Waals surface area (Å²) in [7, 11) is 0. The molecule has 0 saturated carbocycles. The summed E-state index contributed by atoms with van der Waals surface area (Å²) in [6, 6.07) is 13.7. The highest BCUT2D eigenvalue weighted by atomic mass is 16.6. The molecular formula is C35H42N2O6. The molecule has 0 aromatic heterocycles. The van der Waals surface area contributed by atoms with Gasteiger partial charge in [-0.2, -0.15) is 0 Å². The number of rotatable bonds is 13. The van der Waals surface area contributed by atoms with Gasteiger partial charge < -0.3 is 24.4 Å². The first kappa shape index (κ1) is 30.7. The van der Waals surface area contributed by atoms with Crippen molar-refractivity contribution >= 4 is 23.5 Å². The Bertz CT molecular complexity index is 1360. The molecule has 6 atom stereocenters. The number of aliphatic hydroxyl groups excluding tert-OH is 1. The van der Waals surface area contributed by atoms with Crippen molar-refractivity contribution in [2.45, 2.75) is 69.7 Å². The van der Waals surface area contributed by atoms with E-state index < -0.39 is 41.6 Å². The number of likely N-dealkylation sites (tertiary alicyclic amines) is 1. The fraction of sp³-hybridized carbons (Fsp3) is 0.457. The Morgan fingerprint density at radius 2 is 1.86 bits per heavy atom. The minimum absolute atomic E-state index is 0.223. The molecule has 3 aliphatic heterocycles. The van der Waals surface area contributed by atoms with E-state index >= 15 is 0 Å². The number of hydrogen-bond donors (Lipinski definition) is 1. The number of carbonyl (C=O) groups excluding carboxylic acids is 3. The van der Waals surface area contributed by atoms with Crippen LogP contribution >= 0.6 is 0 Å². The number of hydrogen-bond acceptors (Lipinski definition) is 6. The van der Waals surface area contributed by atoms with Gasteiger partial charge in [0.05, 0.1) is 37.2 Å². The molecule has 2 unspecified atom stereocenters. The van der Waals surface area contributed by atoms with Crippen LogP contribution in [0.5, 0.6) is 0 Å². The molecule has 2 amide bonds. The summed E-state index contributed by atoms with van der Waals surface area (Å²) < 4.78 is 12.3. The number of para-hydroxylation sites is 1. The highest BCUT2D eigenvalue weighted by Gasteiger charge is 2.75. The van der Waals surface area contributed by atoms with Crippen molar-refractivity contribution in [1.29, 1.82) is 0 Å². The Balaban J connectivity index is 1.58. The molecule has 8 heteroatoms. The van der Waals surface area contributed by atoms with E-state index in [0.717, 1.165) is 22.4 Å². The Morgan fingerprint density at radius 1 is 1.14 bits per heavy atom. The summed E-state index contributed by atoms with van der Waals surface area (Å²) in [4.78, 5) is 46.1. The first-order valence-electron chi connectivity index (χ1n) is 15.2. The number of amides is 2. The average molecular weight is 587 g/mol. The molecule has 3 aliphatic rings. The van der Waals surface area contributed by atoms with Crippen LogP contribution < -0.4 is 4.90 Å². The highest BCUT2D eigenvalue weighted by molar-refractivity contribution is 6.05. The second kappa shape index (κ2) is 12.9. The van der Waals surface area contributed by atoms with E-state index in [9.17, 15) is 19.5 Å². The third-order valence-electron chi connectivity index (χ3n) is 9.25. The van der Waals surface area contributed by atoms with E-state index in [2.05, 4.69) is 13.2 Å². The molecule has 2 aromatic carbocycles. The van der Waals surface area contributed by atoms with E-state index in [1.54, 1.807) is 17.1 Å². The molecule has 3 saturated heterocycles. The lowest BCUT2D eigenvalue weighted by Gasteiger charge is -2.40. The second-order valence-corrected chi connectivity index (χ2v) is 11.9. The summed E-state index contributed by atoms with van der Waals surface area (Å²) in [5, 5.41) is 10.7. The van der Waals surface area contributed by atoms with Crippen molar-refractivity contribution in [2.75, 3.05) is 24.7 Å². The van der Waals surface area contributed by atoms with Crippen LogP contribution in [0.3, 0.4) is 0 Å². The van der Waals surface area contributed by atoms with Gasteiger partial charge in [0.1, 0.15) is 11.6 Å². The third kappa shape index (κ3) is 5.43. The summed E-state index contributed by atoms with van der Waals surface area (Å²) in [5.41, 5.74) is 2.32. The first-order chi connectivity index (χ1) is 20.8. The molecule has 43 heavy (non-hydrogen) atoms. The fourth-order valence-corrected chi connectivity index (χ4v) is 7.46. The van der Waals surface area contributed by atoms with Crippen LogP contribution in [0.2, 0.25) is 0 Å². The van der Waals surface area contributed by atoms with Crippen LogP contribution in [0, 0.1) is 25.7 Å². The zero-order valence-electron chi connectivity index (χ0n) is 25.1. The summed E-state index contributed by atoms with van der Waals surface area (Å²) in [6.45, 7) is 11.6. The van der Waals surface area contributed by atoms with Crippen LogP contribution in [-0.2, 0) is 30.3 Å². The van der Waals surface area contributed by atoms with Crippen molar-refractivity contribution in [3.63, 3.8) is 0 Å². The number of fused-ring (bicyclic) bond motifs is 1. The van der Waals surface area contributed by atoms with E-state index in [1.807, 2.05) is 62.4 Å². The van der Waals surface area contributed by atoms with Crippen LogP contribution in [0.15, 0.2) is 73.8 Å². The monoisotopic (exact) mass is 586 g/mol. The zero-order chi connectivity index (χ0) is 30.7. The molecule has 3 fully saturated rings. The van der Waals surface area contributed by atoms with Gasteiger partial charge in [0.15, 0.2) is 0 Å². The van der Waals surface area contributed by atoms with Gasteiger partial charge in [-0.25, -0.2) is 0 Å². The number of anilines is 1. The maximum atomic E-state index is 14.9. The predicted octanol–water partition coefficient (Wildman–Crippen LogP) is 4.31. The van der Waals surface area contributed by atoms with Crippen LogP contribution in [0.4, 0.5) is 5.69 Å². The van der Waals surface area contributed by atoms with E-state index in [4.69, 9.17) is 9.47 Å². The molecule has 0 aliphatic carbocycles. The number of esters is 1. The first-order valence-corrected chi connectivity index (χ1v) is 15.2. The standard InChI is InChI=1S/C35H42N2O6/c1-5-7-11-20-42-34(41)28-27-17-18-35(43-27)29(28)32(39)37(26(22-38)21-25-15-9-8-10-16-25)31(35)33(40)36(19-6-2)30-23(3)13-12-14-24(30)4/h5-6,8-10,12-16,26-29,31,38H,1-2,7,11,17-22H2,3-4H3/t26-,27+,28-,29+,31?,35?/m1/s1. The number of ether oxygens (including phenoxy) is 2. The molecule has 0 radical (unpaired) electrons. The molecule has 1 N–H and O–H groups in total. The Hall–Kier alpha value is -3.75. The van der Waals surface area contributed by atoms with Crippen LogP contribution in [0.1, 0.15) is 42.4 Å². The van der Waals surface area contributed by atoms with Crippen molar-refractivity contribution in [1.82, 2.24) is 4.90 Å². The number of aryl methyl sites for hydroxylation is 2. The highest BCUT2D eigenvalue weighted by Crippen LogP contribution is 2.59. The molecule has 2 aromatic rings. The lowest BCUT2D eigenvalue weighted by molar-refractivity contribution is -0.155. The smallest absolute Gasteiger partial charge is 0.312 e. The van der Waals surface area contributed by atoms with Crippen molar-refractivity contribution in [3.05, 3.63) is 90.5 Å². The summed E-state index contributed by atoms with van der Waals surface area (Å²) >= 11 is 0. The Kier molecular flexibility index (Phi) is 9.18. The number of carbonyl (C=O) groups is 3. The van der Waals surface area contributed by atoms with E-state index in [-0.39, 0.29) is 31.6 Å². The largest absolute Gasteiger partial charge is 0.465 e. The quantitative estimate of drug-likeness (QED) is 0.214. The molecule has 2 bridgehead atoms. The normalized spacial score (nSPS) is 26.2. The minimum Gasteiger partial charge on any atom is -0.465 e. The lowest BCUT2D eigenvalue weighted by atomic mass is 9.70. The third-order valence-corrected chi connectivity index (χ3v) is 9.25. The van der Waals surface area contributed by atoms with Crippen molar-refractivity contribution in [3.8, 4) is 0 Å². The molecule has 3 heterocycles. The zero-order valence-corrected chi connectivity index (χ0v) is 25.1. The molecule has 228 valence electrons. The molecule has 1 spiro atoms. The van der Waals surface area contributed by atoms with Crippen LogP contribution in [-0.4, -0.2) is 71.3 Å². The van der Waals surface area contributed by atoms with Gasteiger partial charge in [0.2, 0.25) is 5.91 Å². The Morgan fingerprint density at radius 3 is 2.51 bits per heavy atom. The number of aliphatic hydroxyl groups is 1. The SMILES string of the molecule is C=CCCCOC(=O)[C@@H]1[C@@H]2CCC3(O2)C(C(=O)N(CC=C)c2c(C)cccc2C)N([C@@H](CO)Cc2ccccc2)C(=O)[C@H]13. The molecular weight excluding hydrogens is 544 g/mol. The van der Waals surface area contributed by atoms with Gasteiger partial charge in [-0.05, 0) is 62.6 Å². The molecule has 5 rings (SSSR count). The predicted molar refractivity (Wildman–Crippen MR) is 164 cm³/mol. The van der Waals surface area contributed by atoms with Gasteiger partial charge >= 0.3 is 5.97 Å². The maximum absolute atomic E-state index is 14.9. The fourth-order valence-electron chi connectivity index (χ4n) is 7.46. The lowest BCUT2D eigenvalue weighted by Crippen LogP contribution is -2.59. The summed E-state index contributed by atoms with van der Waals surface area (Å²) in [6.07, 6.45) is 5.63. The topological polar surface area (TPSA) is 96.4 Å². The number of benzene rings is 2. The number of allylic oxidation sites excluding steroid dienone is 1. The molecule has 8 nitrogen and oxygen atoms in total. The number of nitrogens with zero attached hydrogens (tertiary/aromatic N) is 2. The van der Waals surface area contributed by atoms with E-state index in [0.29, 0.717) is 32.1 Å². The van der Waals surface area contributed by atoms with Gasteiger partial charge in [-0.15, -0.1) is 13.2 Å². The summed E-state index contributed by atoms with van der Waals surface area (Å²) in [5.74, 6) is -2.80. The minimum atomic E-state index is -1.20. The van der Waals surface area contributed by atoms with Gasteiger partial charge in [0.25, 0.3) is 5.91 Å². The van der Waals surface area contributed by atoms with Gasteiger partial charge in [-0.1, -0.05) is 60.7 Å². The van der Waals surface area contributed by atoms with E-state index in [1.165, 1.54) is 4.90 Å². The van der Waals surface area contributed by atoms with Crippen molar-refractivity contribution < 1.29 is 29.0 Å². The Labute approximate surface area is 254 Å². The van der Waals surface area contributed by atoms with Gasteiger partial charge in [0, 0.05) is 12.2 Å². The maximum Gasteiger partial charge on any atom is 0.312 e.